The summed E-state index contributed by atoms with van der Waals surface area (Å²) in [5.41, 5.74) is 0.872. The first kappa shape index (κ1) is 14.7. The van der Waals surface area contributed by atoms with E-state index in [1.54, 1.807) is 11.1 Å². The second-order valence-electron chi connectivity index (χ2n) is 6.62. The van der Waals surface area contributed by atoms with Crippen LogP contribution in [-0.4, -0.2) is 58.8 Å². The van der Waals surface area contributed by atoms with Gasteiger partial charge in [0, 0.05) is 38.9 Å². The Balaban J connectivity index is 1.30. The summed E-state index contributed by atoms with van der Waals surface area (Å²) in [6.07, 6.45) is 7.88. The van der Waals surface area contributed by atoms with E-state index in [1.165, 1.54) is 0 Å². The standard InChI is InChI=1S/C16H22N4O3/c21-15-4-1-5-19(15)12-8-17-20(11-12)13-9-18(10-13)16(22)7-14-3-2-6-23-14/h8,11,13-14H,1-7,9-10H2. The molecule has 0 N–H and O–H groups in total. The molecule has 1 atom stereocenters. The molecular formula is C16H22N4O3. The molecule has 0 radical (unpaired) electrons. The zero-order valence-corrected chi connectivity index (χ0v) is 13.2. The lowest BCUT2D eigenvalue weighted by Gasteiger charge is -2.39. The van der Waals surface area contributed by atoms with E-state index < -0.39 is 0 Å². The predicted octanol–water partition coefficient (Wildman–Crippen LogP) is 0.962. The largest absolute Gasteiger partial charge is 0.378 e. The summed E-state index contributed by atoms with van der Waals surface area (Å²) < 4.78 is 7.41. The lowest BCUT2D eigenvalue weighted by atomic mass is 10.1. The summed E-state index contributed by atoms with van der Waals surface area (Å²) in [5, 5.41) is 4.37. The van der Waals surface area contributed by atoms with Crippen LogP contribution in [0.3, 0.4) is 0 Å². The molecule has 1 aromatic heterocycles. The van der Waals surface area contributed by atoms with E-state index in [4.69, 9.17) is 4.74 Å². The molecule has 124 valence electrons. The summed E-state index contributed by atoms with van der Waals surface area (Å²) in [4.78, 5) is 27.6. The van der Waals surface area contributed by atoms with Gasteiger partial charge in [0.2, 0.25) is 11.8 Å². The van der Waals surface area contributed by atoms with Gasteiger partial charge in [-0.15, -0.1) is 0 Å². The average Bonchev–Trinajstić information content (AvgIpc) is 3.18. The molecule has 3 aliphatic heterocycles. The molecule has 7 nitrogen and oxygen atoms in total. The first-order valence-electron chi connectivity index (χ1n) is 8.44. The highest BCUT2D eigenvalue weighted by Gasteiger charge is 2.34. The third-order valence-electron chi connectivity index (χ3n) is 4.99. The molecule has 0 spiro atoms. The number of ether oxygens (including phenoxy) is 1. The van der Waals surface area contributed by atoms with Gasteiger partial charge in [-0.05, 0) is 19.3 Å². The van der Waals surface area contributed by atoms with E-state index in [0.717, 1.165) is 38.1 Å². The summed E-state index contributed by atoms with van der Waals surface area (Å²) in [6.45, 7) is 2.95. The van der Waals surface area contributed by atoms with Crippen LogP contribution in [0.4, 0.5) is 5.69 Å². The Bertz CT molecular complexity index is 602. The third kappa shape index (κ3) is 2.85. The van der Waals surface area contributed by atoms with Gasteiger partial charge in [-0.3, -0.25) is 14.3 Å². The number of carbonyl (C=O) groups is 2. The molecule has 0 aromatic carbocycles. The van der Waals surface area contributed by atoms with E-state index in [2.05, 4.69) is 5.10 Å². The average molecular weight is 318 g/mol. The van der Waals surface area contributed by atoms with Crippen molar-refractivity contribution in [3.63, 3.8) is 0 Å². The molecule has 7 heteroatoms. The molecule has 3 saturated heterocycles. The molecule has 0 saturated carbocycles. The Morgan fingerprint density at radius 1 is 1.35 bits per heavy atom. The van der Waals surface area contributed by atoms with E-state index >= 15 is 0 Å². The highest BCUT2D eigenvalue weighted by atomic mass is 16.5. The molecule has 4 rings (SSSR count). The molecular weight excluding hydrogens is 296 g/mol. The van der Waals surface area contributed by atoms with E-state index in [0.29, 0.717) is 25.9 Å². The Kier molecular flexibility index (Phi) is 3.80. The van der Waals surface area contributed by atoms with Crippen molar-refractivity contribution in [2.45, 2.75) is 44.2 Å². The van der Waals surface area contributed by atoms with Crippen LogP contribution in [0.25, 0.3) is 0 Å². The molecule has 2 amide bonds. The summed E-state index contributed by atoms with van der Waals surface area (Å²) in [5.74, 6) is 0.349. The van der Waals surface area contributed by atoms with Crippen LogP contribution >= 0.6 is 0 Å². The molecule has 1 aromatic rings. The SMILES string of the molecule is O=C(CC1CCCO1)N1CC(n2cc(N3CCCC3=O)cn2)C1. The number of nitrogens with zero attached hydrogens (tertiary/aromatic N) is 4. The van der Waals surface area contributed by atoms with Gasteiger partial charge in [-0.2, -0.15) is 5.10 Å². The van der Waals surface area contributed by atoms with Crippen LogP contribution < -0.4 is 4.90 Å². The minimum absolute atomic E-state index is 0.110. The Hall–Kier alpha value is -1.89. The Morgan fingerprint density at radius 2 is 2.22 bits per heavy atom. The van der Waals surface area contributed by atoms with Crippen molar-refractivity contribution in [2.24, 2.45) is 0 Å². The van der Waals surface area contributed by atoms with Crippen molar-refractivity contribution >= 4 is 17.5 Å². The third-order valence-corrected chi connectivity index (χ3v) is 4.99. The van der Waals surface area contributed by atoms with Crippen LogP contribution in [0.2, 0.25) is 0 Å². The lowest BCUT2D eigenvalue weighted by Crippen LogP contribution is -2.51. The molecule has 0 bridgehead atoms. The van der Waals surface area contributed by atoms with Crippen molar-refractivity contribution in [1.29, 1.82) is 0 Å². The number of hydrogen-bond acceptors (Lipinski definition) is 4. The zero-order chi connectivity index (χ0) is 15.8. The molecule has 3 fully saturated rings. The Labute approximate surface area is 135 Å². The smallest absolute Gasteiger partial charge is 0.227 e. The minimum Gasteiger partial charge on any atom is -0.378 e. The topological polar surface area (TPSA) is 67.7 Å². The van der Waals surface area contributed by atoms with E-state index in [9.17, 15) is 9.59 Å². The maximum Gasteiger partial charge on any atom is 0.227 e. The molecule has 0 aliphatic carbocycles. The quantitative estimate of drug-likeness (QED) is 0.829. The molecule has 23 heavy (non-hydrogen) atoms. The van der Waals surface area contributed by atoms with E-state index in [1.807, 2.05) is 15.8 Å². The van der Waals surface area contributed by atoms with Gasteiger partial charge in [0.25, 0.3) is 0 Å². The van der Waals surface area contributed by atoms with Gasteiger partial charge in [0.1, 0.15) is 0 Å². The van der Waals surface area contributed by atoms with Gasteiger partial charge in [-0.1, -0.05) is 0 Å². The van der Waals surface area contributed by atoms with Crippen LogP contribution in [0, 0.1) is 0 Å². The van der Waals surface area contributed by atoms with Crippen molar-refractivity contribution < 1.29 is 14.3 Å². The number of carbonyl (C=O) groups excluding carboxylic acids is 2. The van der Waals surface area contributed by atoms with E-state index in [-0.39, 0.29) is 24.0 Å². The predicted molar refractivity (Wildman–Crippen MR) is 83.0 cm³/mol. The van der Waals surface area contributed by atoms with Gasteiger partial charge in [0.05, 0.1) is 30.5 Å². The second kappa shape index (κ2) is 5.96. The van der Waals surface area contributed by atoms with Gasteiger partial charge < -0.3 is 14.5 Å². The maximum atomic E-state index is 12.2. The summed E-state index contributed by atoms with van der Waals surface area (Å²) in [6, 6.07) is 0.218. The van der Waals surface area contributed by atoms with Crippen LogP contribution in [-0.2, 0) is 14.3 Å². The first-order valence-corrected chi connectivity index (χ1v) is 8.44. The summed E-state index contributed by atoms with van der Waals surface area (Å²) >= 11 is 0. The zero-order valence-electron chi connectivity index (χ0n) is 13.2. The van der Waals surface area contributed by atoms with Crippen molar-refractivity contribution in [3.05, 3.63) is 12.4 Å². The van der Waals surface area contributed by atoms with Gasteiger partial charge in [-0.25, -0.2) is 0 Å². The number of likely N-dealkylation sites (tertiary alicyclic amines) is 1. The van der Waals surface area contributed by atoms with Crippen molar-refractivity contribution in [2.75, 3.05) is 31.1 Å². The number of amides is 2. The highest BCUT2D eigenvalue weighted by Crippen LogP contribution is 2.27. The van der Waals surface area contributed by atoms with Crippen LogP contribution in [0.15, 0.2) is 12.4 Å². The molecule has 3 aliphatic rings. The Morgan fingerprint density at radius 3 is 2.91 bits per heavy atom. The fourth-order valence-electron chi connectivity index (χ4n) is 3.54. The fraction of sp³-hybridized carbons (Fsp3) is 0.688. The van der Waals surface area contributed by atoms with Gasteiger partial charge in [0.15, 0.2) is 0 Å². The van der Waals surface area contributed by atoms with Crippen molar-refractivity contribution in [3.8, 4) is 0 Å². The van der Waals surface area contributed by atoms with Crippen LogP contribution in [0.1, 0.15) is 38.1 Å². The van der Waals surface area contributed by atoms with Crippen molar-refractivity contribution in [1.82, 2.24) is 14.7 Å². The normalized spacial score (nSPS) is 25.2. The molecule has 4 heterocycles. The fourth-order valence-corrected chi connectivity index (χ4v) is 3.54. The number of hydrogen-bond donors (Lipinski definition) is 0. The lowest BCUT2D eigenvalue weighted by molar-refractivity contribution is -0.139. The monoisotopic (exact) mass is 318 g/mol. The van der Waals surface area contributed by atoms with Gasteiger partial charge >= 0.3 is 0 Å². The number of aromatic nitrogens is 2. The highest BCUT2D eigenvalue weighted by molar-refractivity contribution is 5.95. The maximum absolute atomic E-state index is 12.2. The minimum atomic E-state index is 0.110. The first-order chi connectivity index (χ1) is 11.2. The second-order valence-corrected chi connectivity index (χ2v) is 6.62. The number of rotatable bonds is 4. The number of anilines is 1. The molecule has 1 unspecified atom stereocenters. The summed E-state index contributed by atoms with van der Waals surface area (Å²) in [7, 11) is 0. The van der Waals surface area contributed by atoms with Crippen LogP contribution in [0.5, 0.6) is 0 Å².